The second-order valence-electron chi connectivity index (χ2n) is 15.1. The molecule has 1 aliphatic rings. The molecule has 6 aromatic rings. The monoisotopic (exact) mass is 808 g/mol. The first kappa shape index (κ1) is 43.2. The van der Waals surface area contributed by atoms with E-state index in [0.717, 1.165) is 11.8 Å². The molecule has 7 rings (SSSR count). The zero-order valence-electron chi connectivity index (χ0n) is 32.0. The molecule has 0 bridgehead atoms. The molecule has 1 saturated carbocycles. The summed E-state index contributed by atoms with van der Waals surface area (Å²) in [6.07, 6.45) is 6.67. The summed E-state index contributed by atoms with van der Waals surface area (Å²) in [6, 6.07) is 41.0. The topological polar surface area (TPSA) is 0 Å². The molecule has 1 aliphatic carbocycles. The summed E-state index contributed by atoms with van der Waals surface area (Å²) in [5.74, 6) is 2.90. The number of hydrogen-bond donors (Lipinski definition) is 0. The van der Waals surface area contributed by atoms with Gasteiger partial charge in [0.25, 0.3) is 0 Å². The average Bonchev–Trinajstić information content (AvgIpc) is 3.71. The Hall–Kier alpha value is -2.22. The van der Waals surface area contributed by atoms with Gasteiger partial charge in [-0.25, -0.2) is 0 Å². The van der Waals surface area contributed by atoms with Gasteiger partial charge in [0.15, 0.2) is 0 Å². The van der Waals surface area contributed by atoms with Crippen LogP contribution in [0.15, 0.2) is 109 Å². The second kappa shape index (κ2) is 20.3. The van der Waals surface area contributed by atoms with Crippen molar-refractivity contribution < 1.29 is 48.1 Å². The maximum Gasteiger partial charge on any atom is -1.00 e. The molecule has 0 radical (unpaired) electrons. The molecule has 0 saturated heterocycles. The van der Waals surface area contributed by atoms with Crippen molar-refractivity contribution in [3.8, 4) is 22.3 Å². The number of halogens is 2. The molecule has 0 heterocycles. The van der Waals surface area contributed by atoms with Crippen LogP contribution in [-0.4, -0.2) is 5.43 Å². The third-order valence-corrected chi connectivity index (χ3v) is 10.4. The molecule has 0 aromatic heterocycles. The molecule has 0 spiro atoms. The molecule has 1 unspecified atom stereocenters. The fourth-order valence-corrected chi connectivity index (χ4v) is 7.25. The molecule has 0 nitrogen and oxygen atoms in total. The van der Waals surface area contributed by atoms with E-state index in [1.54, 1.807) is 28.9 Å². The van der Waals surface area contributed by atoms with Crippen molar-refractivity contribution in [2.45, 2.75) is 104 Å². The van der Waals surface area contributed by atoms with Crippen LogP contribution in [0.4, 0.5) is 0 Å². The molecule has 0 aliphatic heterocycles. The third-order valence-electron chi connectivity index (χ3n) is 10.4. The van der Waals surface area contributed by atoms with Crippen LogP contribution >= 0.6 is 0 Å². The molecule has 1 atom stereocenters. The predicted octanol–water partition coefficient (Wildman–Crippen LogP) is 8.48. The normalized spacial score (nSPS) is 15.9. The SMILES string of the molecule is CC1CCC(c2cc3c(-c4ccc(C(C)C)cc4)cccc3[cH-]2)CC1.CCC(C)c1ccc(-c2cccc3[cH-]c(C)cc23)cc1.C[Si](C)=[Zr+2].[Cl-].[Cl-]. The van der Waals surface area contributed by atoms with E-state index >= 15 is 0 Å². The van der Waals surface area contributed by atoms with Crippen molar-refractivity contribution in [1.82, 2.24) is 0 Å². The average molecular weight is 811 g/mol. The van der Waals surface area contributed by atoms with E-state index in [-0.39, 0.29) is 30.2 Å². The number of rotatable bonds is 6. The summed E-state index contributed by atoms with van der Waals surface area (Å²) in [6.45, 7) is 18.2. The minimum Gasteiger partial charge on any atom is -1.00 e. The maximum atomic E-state index is 2.47. The largest absolute Gasteiger partial charge is 1.00 e. The summed E-state index contributed by atoms with van der Waals surface area (Å²) in [4.78, 5) is 0. The Kier molecular flexibility index (Phi) is 17.2. The molecule has 6 aromatic carbocycles. The first-order chi connectivity index (χ1) is 23.5. The van der Waals surface area contributed by atoms with Gasteiger partial charge < -0.3 is 24.8 Å². The van der Waals surface area contributed by atoms with E-state index < -0.39 is 0 Å². The number of hydrogen-bond acceptors (Lipinski definition) is 0. The van der Waals surface area contributed by atoms with Crippen LogP contribution in [0.1, 0.15) is 107 Å². The Morgan fingerprint density at radius 2 is 1.16 bits per heavy atom. The smallest absolute Gasteiger partial charge is 1.00 e. The summed E-state index contributed by atoms with van der Waals surface area (Å²) in [5.41, 5.74) is 11.3. The Bertz CT molecular complexity index is 1950. The van der Waals surface area contributed by atoms with Gasteiger partial charge >= 0.3 is 41.9 Å². The molecular formula is C47H56Cl2SiZr-2. The van der Waals surface area contributed by atoms with E-state index in [4.69, 9.17) is 0 Å². The fourth-order valence-electron chi connectivity index (χ4n) is 7.25. The molecule has 4 heteroatoms. The first-order valence-electron chi connectivity index (χ1n) is 18.6. The van der Waals surface area contributed by atoms with Crippen LogP contribution in [-0.2, 0) is 23.3 Å². The van der Waals surface area contributed by atoms with E-state index in [2.05, 4.69) is 164 Å². The van der Waals surface area contributed by atoms with Crippen LogP contribution in [0.5, 0.6) is 0 Å². The summed E-state index contributed by atoms with van der Waals surface area (Å²) in [7, 11) is 0. The van der Waals surface area contributed by atoms with Crippen molar-refractivity contribution in [2.24, 2.45) is 5.92 Å². The van der Waals surface area contributed by atoms with Crippen LogP contribution in [0.3, 0.4) is 0 Å². The molecule has 51 heavy (non-hydrogen) atoms. The van der Waals surface area contributed by atoms with E-state index in [1.807, 2.05) is 0 Å². The van der Waals surface area contributed by atoms with Crippen molar-refractivity contribution in [3.63, 3.8) is 0 Å². The maximum absolute atomic E-state index is 2.47. The first-order valence-corrected chi connectivity index (χ1v) is 24.8. The van der Waals surface area contributed by atoms with Crippen LogP contribution in [0.25, 0.3) is 43.8 Å². The van der Waals surface area contributed by atoms with Gasteiger partial charge in [0.2, 0.25) is 0 Å². The van der Waals surface area contributed by atoms with Gasteiger partial charge in [0, 0.05) is 0 Å². The zero-order valence-corrected chi connectivity index (χ0v) is 37.0. The molecule has 1 fully saturated rings. The van der Waals surface area contributed by atoms with Gasteiger partial charge in [-0.2, -0.15) is 12.1 Å². The summed E-state index contributed by atoms with van der Waals surface area (Å²) >= 11 is 1.74. The summed E-state index contributed by atoms with van der Waals surface area (Å²) < 4.78 is 0. The Labute approximate surface area is 336 Å². The fraction of sp³-hybridized carbons (Fsp3) is 0.362. The quantitative estimate of drug-likeness (QED) is 0.117. The zero-order chi connectivity index (χ0) is 35.1. The third kappa shape index (κ3) is 11.4. The van der Waals surface area contributed by atoms with Gasteiger partial charge in [0.05, 0.1) is 0 Å². The van der Waals surface area contributed by atoms with Crippen molar-refractivity contribution in [2.75, 3.05) is 0 Å². The van der Waals surface area contributed by atoms with Gasteiger partial charge in [-0.05, 0) is 65.2 Å². The number of aryl methyl sites for hydroxylation is 1. The van der Waals surface area contributed by atoms with Crippen LogP contribution in [0.2, 0.25) is 13.1 Å². The molecular weight excluding hydrogens is 755 g/mol. The standard InChI is InChI=1S/C25H29.C20H21.C2H6Si.2ClH.Zr/c1-17(2)19-11-13-21(14-12-19)24-6-4-5-22-15-23(16-25(22)24)20-9-7-18(3)8-10-20;1-4-15(3)16-8-10-17(11-9-16)19-7-5-6-18-12-14(2)13-20(18)19;1-3-2;;;/h4-6,11-18,20H,7-10H2,1-3H3;5-13,15H,4H2,1-3H3;1-2H3;2*1H;/q2*-1;;;;+2/p-2. The minimum absolute atomic E-state index is 0. The number of fused-ring (bicyclic) bond motifs is 2. The van der Waals surface area contributed by atoms with Gasteiger partial charge in [-0.1, -0.05) is 126 Å². The van der Waals surface area contributed by atoms with Crippen molar-refractivity contribution >= 4 is 27.0 Å². The van der Waals surface area contributed by atoms with Crippen molar-refractivity contribution in [1.29, 1.82) is 0 Å². The molecule has 0 amide bonds. The molecule has 0 N–H and O–H groups in total. The molecule has 268 valence electrons. The van der Waals surface area contributed by atoms with Crippen LogP contribution < -0.4 is 24.8 Å². The van der Waals surface area contributed by atoms with Crippen LogP contribution in [0, 0.1) is 12.8 Å². The van der Waals surface area contributed by atoms with E-state index in [0.29, 0.717) is 11.8 Å². The van der Waals surface area contributed by atoms with E-state index in [9.17, 15) is 0 Å². The van der Waals surface area contributed by atoms with Gasteiger partial charge in [-0.3, -0.25) is 0 Å². The van der Waals surface area contributed by atoms with E-state index in [1.165, 1.54) is 92.6 Å². The Morgan fingerprint density at radius 3 is 1.65 bits per heavy atom. The predicted molar refractivity (Wildman–Crippen MR) is 215 cm³/mol. The van der Waals surface area contributed by atoms with Gasteiger partial charge in [-0.15, -0.1) is 69.1 Å². The minimum atomic E-state index is 0. The Morgan fingerprint density at radius 1 is 0.686 bits per heavy atom. The van der Waals surface area contributed by atoms with Crippen molar-refractivity contribution in [3.05, 3.63) is 131 Å². The second-order valence-corrected chi connectivity index (χ2v) is 24.5. The Balaban J connectivity index is 0.000000245. The summed E-state index contributed by atoms with van der Waals surface area (Å²) in [5, 5.41) is 5.53. The number of benzene rings is 4. The van der Waals surface area contributed by atoms with Gasteiger partial charge in [0.1, 0.15) is 0 Å².